The van der Waals surface area contributed by atoms with Gasteiger partial charge in [-0.1, -0.05) is 36.4 Å². The quantitative estimate of drug-likeness (QED) is 0.636. The molecule has 0 bridgehead atoms. The van der Waals surface area contributed by atoms with Crippen LogP contribution in [0.3, 0.4) is 0 Å². The minimum Gasteiger partial charge on any atom is -0.310 e. The summed E-state index contributed by atoms with van der Waals surface area (Å²) in [7, 11) is 0. The number of halogens is 1. The molecule has 0 radical (unpaired) electrons. The molecule has 0 unspecified atom stereocenters. The predicted molar refractivity (Wildman–Crippen MR) is 91.4 cm³/mol. The number of anilines is 2. The summed E-state index contributed by atoms with van der Waals surface area (Å²) in [4.78, 5) is 11.0. The summed E-state index contributed by atoms with van der Waals surface area (Å²) < 4.78 is 1.04. The highest BCUT2D eigenvalue weighted by molar-refractivity contribution is 14.1. The lowest BCUT2D eigenvalue weighted by molar-refractivity contribution is 0.947. The van der Waals surface area contributed by atoms with Crippen LogP contribution in [0.15, 0.2) is 54.9 Å². The van der Waals surface area contributed by atoms with Gasteiger partial charge in [0.25, 0.3) is 0 Å². The SMILES string of the molecule is CCN(c1ncc(I)cn1)c1cccc2ccccc12. The van der Waals surface area contributed by atoms with Crippen molar-refractivity contribution in [3.8, 4) is 0 Å². The van der Waals surface area contributed by atoms with Crippen LogP contribution in [0.5, 0.6) is 0 Å². The lowest BCUT2D eigenvalue weighted by atomic mass is 10.1. The number of hydrogen-bond donors (Lipinski definition) is 0. The van der Waals surface area contributed by atoms with Crippen molar-refractivity contribution >= 4 is 45.0 Å². The van der Waals surface area contributed by atoms with Crippen molar-refractivity contribution in [3.63, 3.8) is 0 Å². The summed E-state index contributed by atoms with van der Waals surface area (Å²) in [6.07, 6.45) is 3.69. The zero-order chi connectivity index (χ0) is 13.9. The smallest absolute Gasteiger partial charge is 0.229 e. The predicted octanol–water partition coefficient (Wildman–Crippen LogP) is 4.39. The van der Waals surface area contributed by atoms with E-state index in [1.54, 1.807) is 0 Å². The molecule has 0 aliphatic carbocycles. The summed E-state index contributed by atoms with van der Waals surface area (Å²) >= 11 is 2.22. The standard InChI is InChI=1S/C16H14IN3/c1-2-20(16-18-10-13(17)11-19-16)15-9-5-7-12-6-3-4-8-14(12)15/h3-11H,2H2,1H3. The van der Waals surface area contributed by atoms with Gasteiger partial charge in [0.2, 0.25) is 5.95 Å². The number of aromatic nitrogens is 2. The Morgan fingerprint density at radius 1 is 1.00 bits per heavy atom. The Kier molecular flexibility index (Phi) is 3.82. The summed E-state index contributed by atoms with van der Waals surface area (Å²) in [5.74, 6) is 0.740. The molecule has 0 aliphatic heterocycles. The average molecular weight is 375 g/mol. The molecule has 0 saturated heterocycles. The molecule has 4 heteroatoms. The second-order valence-electron chi connectivity index (χ2n) is 4.44. The van der Waals surface area contributed by atoms with E-state index in [1.807, 2.05) is 12.4 Å². The third-order valence-electron chi connectivity index (χ3n) is 3.22. The van der Waals surface area contributed by atoms with E-state index in [0.29, 0.717) is 0 Å². The Morgan fingerprint density at radius 3 is 2.45 bits per heavy atom. The van der Waals surface area contributed by atoms with Gasteiger partial charge >= 0.3 is 0 Å². The van der Waals surface area contributed by atoms with Gasteiger partial charge in [0, 0.05) is 27.9 Å². The van der Waals surface area contributed by atoms with Crippen LogP contribution in [-0.2, 0) is 0 Å². The summed E-state index contributed by atoms with van der Waals surface area (Å²) in [6.45, 7) is 2.94. The van der Waals surface area contributed by atoms with E-state index >= 15 is 0 Å². The molecule has 3 aromatic rings. The van der Waals surface area contributed by atoms with Gasteiger partial charge in [-0.25, -0.2) is 9.97 Å². The highest BCUT2D eigenvalue weighted by atomic mass is 127. The van der Waals surface area contributed by atoms with Crippen molar-refractivity contribution in [2.24, 2.45) is 0 Å². The van der Waals surface area contributed by atoms with Crippen LogP contribution >= 0.6 is 22.6 Å². The fourth-order valence-corrected chi connectivity index (χ4v) is 2.59. The monoisotopic (exact) mass is 375 g/mol. The minimum absolute atomic E-state index is 0.740. The number of fused-ring (bicyclic) bond motifs is 1. The van der Waals surface area contributed by atoms with E-state index in [2.05, 4.69) is 86.8 Å². The zero-order valence-corrected chi connectivity index (χ0v) is 13.3. The molecular formula is C16H14IN3. The van der Waals surface area contributed by atoms with Crippen LogP contribution in [-0.4, -0.2) is 16.5 Å². The average Bonchev–Trinajstić information content (AvgIpc) is 2.50. The third kappa shape index (κ3) is 2.47. The molecule has 0 fully saturated rings. The molecule has 0 atom stereocenters. The largest absolute Gasteiger partial charge is 0.310 e. The van der Waals surface area contributed by atoms with Crippen LogP contribution in [0.2, 0.25) is 0 Å². The first-order chi connectivity index (χ1) is 9.79. The first-order valence-corrected chi connectivity index (χ1v) is 7.60. The first kappa shape index (κ1) is 13.3. The van der Waals surface area contributed by atoms with Crippen molar-refractivity contribution in [1.29, 1.82) is 0 Å². The maximum atomic E-state index is 4.44. The van der Waals surface area contributed by atoms with E-state index in [0.717, 1.165) is 21.8 Å². The molecule has 3 rings (SSSR count). The second-order valence-corrected chi connectivity index (χ2v) is 5.69. The van der Waals surface area contributed by atoms with Crippen molar-refractivity contribution in [1.82, 2.24) is 9.97 Å². The zero-order valence-electron chi connectivity index (χ0n) is 11.1. The number of benzene rings is 2. The first-order valence-electron chi connectivity index (χ1n) is 6.52. The molecule has 0 spiro atoms. The molecule has 3 nitrogen and oxygen atoms in total. The molecule has 0 saturated carbocycles. The minimum atomic E-state index is 0.740. The van der Waals surface area contributed by atoms with Crippen LogP contribution < -0.4 is 4.90 Å². The maximum Gasteiger partial charge on any atom is 0.229 e. The van der Waals surface area contributed by atoms with E-state index in [-0.39, 0.29) is 0 Å². The van der Waals surface area contributed by atoms with Crippen LogP contribution in [0.25, 0.3) is 10.8 Å². The van der Waals surface area contributed by atoms with E-state index in [4.69, 9.17) is 0 Å². The maximum absolute atomic E-state index is 4.44. The highest BCUT2D eigenvalue weighted by Crippen LogP contribution is 2.30. The van der Waals surface area contributed by atoms with Crippen molar-refractivity contribution < 1.29 is 0 Å². The Labute approximate surface area is 131 Å². The van der Waals surface area contributed by atoms with Crippen LogP contribution in [0, 0.1) is 3.57 Å². The molecule has 0 N–H and O–H groups in total. The number of nitrogens with zero attached hydrogens (tertiary/aromatic N) is 3. The van der Waals surface area contributed by atoms with Gasteiger partial charge < -0.3 is 4.90 Å². The van der Waals surface area contributed by atoms with Gasteiger partial charge in [-0.05, 0) is 41.0 Å². The summed E-state index contributed by atoms with van der Waals surface area (Å²) in [5.41, 5.74) is 1.15. The molecule has 100 valence electrons. The van der Waals surface area contributed by atoms with Gasteiger partial charge in [0.1, 0.15) is 0 Å². The van der Waals surface area contributed by atoms with Crippen molar-refractivity contribution in [2.45, 2.75) is 6.92 Å². The van der Waals surface area contributed by atoms with E-state index in [1.165, 1.54) is 10.8 Å². The van der Waals surface area contributed by atoms with E-state index < -0.39 is 0 Å². The molecule has 1 aromatic heterocycles. The van der Waals surface area contributed by atoms with Gasteiger partial charge in [-0.3, -0.25) is 0 Å². The Bertz CT molecular complexity index is 720. The van der Waals surface area contributed by atoms with Gasteiger partial charge in [-0.15, -0.1) is 0 Å². The normalized spacial score (nSPS) is 10.7. The van der Waals surface area contributed by atoms with Crippen LogP contribution in [0.1, 0.15) is 6.92 Å². The fourth-order valence-electron chi connectivity index (χ4n) is 2.31. The Morgan fingerprint density at radius 2 is 1.70 bits per heavy atom. The fraction of sp³-hybridized carbons (Fsp3) is 0.125. The molecule has 2 aromatic carbocycles. The molecule has 0 aliphatic rings. The molecule has 0 amide bonds. The number of rotatable bonds is 3. The topological polar surface area (TPSA) is 29.0 Å². The molecular weight excluding hydrogens is 361 g/mol. The number of hydrogen-bond acceptors (Lipinski definition) is 3. The Hall–Kier alpha value is -1.69. The summed E-state index contributed by atoms with van der Waals surface area (Å²) in [6, 6.07) is 14.7. The summed E-state index contributed by atoms with van der Waals surface area (Å²) in [5, 5.41) is 2.45. The van der Waals surface area contributed by atoms with Gasteiger partial charge in [0.05, 0.1) is 5.69 Å². The lowest BCUT2D eigenvalue weighted by Gasteiger charge is -2.22. The van der Waals surface area contributed by atoms with Crippen LogP contribution in [0.4, 0.5) is 11.6 Å². The van der Waals surface area contributed by atoms with Gasteiger partial charge in [-0.2, -0.15) is 0 Å². The Balaban J connectivity index is 2.14. The molecule has 1 heterocycles. The van der Waals surface area contributed by atoms with Crippen molar-refractivity contribution in [3.05, 3.63) is 58.4 Å². The van der Waals surface area contributed by atoms with Gasteiger partial charge in [0.15, 0.2) is 0 Å². The highest BCUT2D eigenvalue weighted by Gasteiger charge is 2.12. The van der Waals surface area contributed by atoms with E-state index in [9.17, 15) is 0 Å². The van der Waals surface area contributed by atoms with Crippen molar-refractivity contribution in [2.75, 3.05) is 11.4 Å². The third-order valence-corrected chi connectivity index (χ3v) is 3.78. The molecule has 20 heavy (non-hydrogen) atoms. The lowest BCUT2D eigenvalue weighted by Crippen LogP contribution is -2.19. The second kappa shape index (κ2) is 5.75.